The molecule has 4 rings (SSSR count). The average Bonchev–Trinajstić information content (AvgIpc) is 3.48. The van der Waals surface area contributed by atoms with E-state index in [1.54, 1.807) is 6.07 Å². The van der Waals surface area contributed by atoms with E-state index in [-0.39, 0.29) is 10.1 Å². The molecule has 1 amide bonds. The standard InChI is InChI=1S/C23H23ClN2O4S2/c24-21-12-13-22(31-21)32(28,29)26-14-4-7-20(26)23(27)25-15-17-8-10-19(11-9-17)30-16-18-5-2-1-3-6-18/h1-3,5-6,8-13,20H,4,7,14-16H2,(H,25,27)/t20-/m0/s1. The SMILES string of the molecule is O=C(NCc1ccc(OCc2ccccc2)cc1)[C@@H]1CCCN1S(=O)(=O)c1ccc(Cl)s1. The van der Waals surface area contributed by atoms with Gasteiger partial charge in [-0.25, -0.2) is 8.42 Å². The molecule has 9 heteroatoms. The van der Waals surface area contributed by atoms with Crippen molar-refractivity contribution < 1.29 is 17.9 Å². The molecule has 1 saturated heterocycles. The van der Waals surface area contributed by atoms with Crippen LogP contribution in [0.4, 0.5) is 0 Å². The smallest absolute Gasteiger partial charge is 0.253 e. The Morgan fingerprint density at radius 3 is 2.50 bits per heavy atom. The number of nitrogens with zero attached hydrogens (tertiary/aromatic N) is 1. The first kappa shape index (κ1) is 22.8. The molecule has 1 N–H and O–H groups in total. The molecule has 0 spiro atoms. The Morgan fingerprint density at radius 2 is 1.81 bits per heavy atom. The molecule has 32 heavy (non-hydrogen) atoms. The van der Waals surface area contributed by atoms with Gasteiger partial charge < -0.3 is 10.1 Å². The lowest BCUT2D eigenvalue weighted by Crippen LogP contribution is -2.45. The molecule has 0 unspecified atom stereocenters. The van der Waals surface area contributed by atoms with E-state index < -0.39 is 16.1 Å². The molecule has 2 heterocycles. The van der Waals surface area contributed by atoms with Crippen LogP contribution in [0, 0.1) is 0 Å². The van der Waals surface area contributed by atoms with Crippen LogP contribution in [-0.2, 0) is 28.0 Å². The van der Waals surface area contributed by atoms with Crippen LogP contribution >= 0.6 is 22.9 Å². The lowest BCUT2D eigenvalue weighted by Gasteiger charge is -2.22. The predicted molar refractivity (Wildman–Crippen MR) is 125 cm³/mol. The average molecular weight is 491 g/mol. The third-order valence-corrected chi connectivity index (χ3v) is 8.86. The topological polar surface area (TPSA) is 75.7 Å². The Hall–Kier alpha value is -2.39. The number of hydrogen-bond acceptors (Lipinski definition) is 5. The normalized spacial score (nSPS) is 16.7. The highest BCUT2D eigenvalue weighted by molar-refractivity contribution is 7.91. The van der Waals surface area contributed by atoms with Crippen LogP contribution in [0.2, 0.25) is 4.34 Å². The summed E-state index contributed by atoms with van der Waals surface area (Å²) in [5.74, 6) is 0.449. The Bertz CT molecular complexity index is 1160. The zero-order valence-corrected chi connectivity index (χ0v) is 19.6. The molecule has 1 aromatic heterocycles. The molecule has 1 fully saturated rings. The van der Waals surface area contributed by atoms with Gasteiger partial charge >= 0.3 is 0 Å². The summed E-state index contributed by atoms with van der Waals surface area (Å²) in [6.07, 6.45) is 1.14. The van der Waals surface area contributed by atoms with Gasteiger partial charge in [0.05, 0.1) is 4.34 Å². The van der Waals surface area contributed by atoms with Crippen molar-refractivity contribution >= 4 is 38.9 Å². The van der Waals surface area contributed by atoms with Gasteiger partial charge in [0.2, 0.25) is 5.91 Å². The third kappa shape index (κ3) is 5.32. The van der Waals surface area contributed by atoms with E-state index in [4.69, 9.17) is 16.3 Å². The van der Waals surface area contributed by atoms with Crippen LogP contribution in [0.25, 0.3) is 0 Å². The summed E-state index contributed by atoms with van der Waals surface area (Å²) in [6, 6.07) is 19.7. The van der Waals surface area contributed by atoms with Crippen LogP contribution in [0.15, 0.2) is 70.9 Å². The molecule has 1 aliphatic heterocycles. The van der Waals surface area contributed by atoms with Crippen LogP contribution in [-0.4, -0.2) is 31.2 Å². The monoisotopic (exact) mass is 490 g/mol. The molecule has 1 atom stereocenters. The van der Waals surface area contributed by atoms with Crippen molar-refractivity contribution in [1.29, 1.82) is 0 Å². The predicted octanol–water partition coefficient (Wildman–Crippen LogP) is 4.45. The van der Waals surface area contributed by atoms with Crippen molar-refractivity contribution in [3.05, 3.63) is 82.2 Å². The second-order valence-electron chi connectivity index (χ2n) is 7.47. The molecule has 168 valence electrons. The zero-order valence-electron chi connectivity index (χ0n) is 17.2. The number of benzene rings is 2. The minimum atomic E-state index is -3.74. The van der Waals surface area contributed by atoms with Gasteiger partial charge in [-0.1, -0.05) is 54.1 Å². The van der Waals surface area contributed by atoms with Gasteiger partial charge in [-0.2, -0.15) is 4.31 Å². The summed E-state index contributed by atoms with van der Waals surface area (Å²) >= 11 is 6.90. The number of carbonyl (C=O) groups is 1. The third-order valence-electron chi connectivity index (χ3n) is 5.26. The maximum Gasteiger partial charge on any atom is 0.253 e. The Labute approximate surface area is 196 Å². The first-order valence-corrected chi connectivity index (χ1v) is 12.9. The summed E-state index contributed by atoms with van der Waals surface area (Å²) in [5.41, 5.74) is 1.99. The van der Waals surface area contributed by atoms with E-state index in [1.165, 1.54) is 10.4 Å². The van der Waals surface area contributed by atoms with E-state index in [0.29, 0.717) is 36.9 Å². The van der Waals surface area contributed by atoms with Crippen molar-refractivity contribution in [3.63, 3.8) is 0 Å². The van der Waals surface area contributed by atoms with Gasteiger partial charge in [0.15, 0.2) is 0 Å². The minimum Gasteiger partial charge on any atom is -0.489 e. The fourth-order valence-electron chi connectivity index (χ4n) is 3.59. The molecule has 0 saturated carbocycles. The molecule has 0 aliphatic carbocycles. The van der Waals surface area contributed by atoms with Gasteiger partial charge in [0, 0.05) is 13.1 Å². The van der Waals surface area contributed by atoms with Gasteiger partial charge in [-0.15, -0.1) is 11.3 Å². The van der Waals surface area contributed by atoms with Crippen molar-refractivity contribution in [3.8, 4) is 5.75 Å². The molecule has 2 aromatic carbocycles. The molecular weight excluding hydrogens is 468 g/mol. The minimum absolute atomic E-state index is 0.160. The maximum atomic E-state index is 12.9. The highest BCUT2D eigenvalue weighted by Gasteiger charge is 2.39. The molecular formula is C23H23ClN2O4S2. The number of hydrogen-bond donors (Lipinski definition) is 1. The van der Waals surface area contributed by atoms with Crippen LogP contribution in [0.5, 0.6) is 5.75 Å². The molecule has 1 aliphatic rings. The van der Waals surface area contributed by atoms with E-state index in [2.05, 4.69) is 5.32 Å². The summed E-state index contributed by atoms with van der Waals surface area (Å²) in [4.78, 5) is 12.8. The summed E-state index contributed by atoms with van der Waals surface area (Å²) in [6.45, 7) is 1.12. The molecule has 3 aromatic rings. The Kier molecular flexibility index (Phi) is 7.15. The number of ether oxygens (including phenoxy) is 1. The number of amides is 1. The van der Waals surface area contributed by atoms with Crippen LogP contribution in [0.1, 0.15) is 24.0 Å². The number of rotatable bonds is 8. The molecule has 0 bridgehead atoms. The summed E-state index contributed by atoms with van der Waals surface area (Å²) in [5, 5.41) is 2.87. The first-order chi connectivity index (χ1) is 15.4. The lowest BCUT2D eigenvalue weighted by atomic mass is 10.2. The second-order valence-corrected chi connectivity index (χ2v) is 11.3. The largest absolute Gasteiger partial charge is 0.489 e. The summed E-state index contributed by atoms with van der Waals surface area (Å²) < 4.78 is 33.5. The van der Waals surface area contributed by atoms with Crippen molar-refractivity contribution in [2.45, 2.75) is 36.2 Å². The lowest BCUT2D eigenvalue weighted by molar-refractivity contribution is -0.124. The second kappa shape index (κ2) is 10.0. The zero-order chi connectivity index (χ0) is 22.6. The van der Waals surface area contributed by atoms with Crippen LogP contribution in [0.3, 0.4) is 0 Å². The van der Waals surface area contributed by atoms with Crippen LogP contribution < -0.4 is 10.1 Å². The Morgan fingerprint density at radius 1 is 1.06 bits per heavy atom. The Balaban J connectivity index is 1.33. The maximum absolute atomic E-state index is 12.9. The fourth-order valence-corrected chi connectivity index (χ4v) is 6.86. The number of thiophene rings is 1. The number of sulfonamides is 1. The van der Waals surface area contributed by atoms with Gasteiger partial charge in [-0.05, 0) is 48.2 Å². The van der Waals surface area contributed by atoms with Crippen molar-refractivity contribution in [2.75, 3.05) is 6.54 Å². The van der Waals surface area contributed by atoms with Gasteiger partial charge in [0.25, 0.3) is 10.0 Å². The highest BCUT2D eigenvalue weighted by Crippen LogP contribution is 2.32. The summed E-state index contributed by atoms with van der Waals surface area (Å²) in [7, 11) is -3.74. The first-order valence-electron chi connectivity index (χ1n) is 10.2. The number of nitrogens with one attached hydrogen (secondary N) is 1. The fraction of sp³-hybridized carbons (Fsp3) is 0.261. The van der Waals surface area contributed by atoms with E-state index in [9.17, 15) is 13.2 Å². The van der Waals surface area contributed by atoms with E-state index in [0.717, 1.165) is 28.2 Å². The van der Waals surface area contributed by atoms with Gasteiger partial charge in [0.1, 0.15) is 22.6 Å². The highest BCUT2D eigenvalue weighted by atomic mass is 35.5. The molecule has 0 radical (unpaired) electrons. The van der Waals surface area contributed by atoms with Crippen molar-refractivity contribution in [2.24, 2.45) is 0 Å². The quantitative estimate of drug-likeness (QED) is 0.506. The number of halogens is 1. The molecule has 6 nitrogen and oxygen atoms in total. The van der Waals surface area contributed by atoms with Gasteiger partial charge in [-0.3, -0.25) is 4.79 Å². The number of carbonyl (C=O) groups excluding carboxylic acids is 1. The van der Waals surface area contributed by atoms with Crippen molar-refractivity contribution in [1.82, 2.24) is 9.62 Å². The van der Waals surface area contributed by atoms with E-state index in [1.807, 2.05) is 54.6 Å². The van der Waals surface area contributed by atoms with E-state index >= 15 is 0 Å².